The third kappa shape index (κ3) is 2.88. The normalized spacial score (nSPS) is 15.7. The largest absolute Gasteiger partial charge is 0.508 e. The molecule has 2 aromatic carbocycles. The quantitative estimate of drug-likeness (QED) is 0.574. The molecule has 27 heavy (non-hydrogen) atoms. The second-order valence-electron chi connectivity index (χ2n) is 7.16. The molecular weight excluding hydrogens is 338 g/mol. The third-order valence-electron chi connectivity index (χ3n) is 5.34. The summed E-state index contributed by atoms with van der Waals surface area (Å²) in [4.78, 5) is 11.6. The van der Waals surface area contributed by atoms with Crippen molar-refractivity contribution in [3.8, 4) is 11.6 Å². The molecule has 0 spiro atoms. The molecule has 0 saturated carbocycles. The van der Waals surface area contributed by atoms with Gasteiger partial charge in [-0.05, 0) is 55.3 Å². The third-order valence-corrected chi connectivity index (χ3v) is 5.34. The van der Waals surface area contributed by atoms with E-state index in [4.69, 9.17) is 10.7 Å². The van der Waals surface area contributed by atoms with E-state index < -0.39 is 0 Å². The smallest absolute Gasteiger partial charge is 0.139 e. The van der Waals surface area contributed by atoms with Gasteiger partial charge in [0.25, 0.3) is 0 Å². The van der Waals surface area contributed by atoms with Crippen LogP contribution in [0.2, 0.25) is 0 Å². The number of aromatic nitrogens is 3. The number of pyridine rings is 1. The van der Waals surface area contributed by atoms with Gasteiger partial charge in [0.1, 0.15) is 17.9 Å². The molecule has 5 rings (SSSR count). The van der Waals surface area contributed by atoms with Crippen molar-refractivity contribution in [3.63, 3.8) is 0 Å². The molecule has 6 heteroatoms. The number of rotatable bonds is 2. The maximum Gasteiger partial charge on any atom is 0.139 e. The lowest BCUT2D eigenvalue weighted by atomic mass is 10.0. The average Bonchev–Trinajstić information content (AvgIpc) is 3.11. The van der Waals surface area contributed by atoms with Crippen LogP contribution in [0, 0.1) is 0 Å². The summed E-state index contributed by atoms with van der Waals surface area (Å²) in [6.07, 6.45) is 3.82. The van der Waals surface area contributed by atoms with Crippen LogP contribution in [0.1, 0.15) is 12.8 Å². The van der Waals surface area contributed by atoms with Crippen LogP contribution >= 0.6 is 0 Å². The van der Waals surface area contributed by atoms with Crippen LogP contribution in [0.15, 0.2) is 54.9 Å². The Morgan fingerprint density at radius 3 is 2.67 bits per heavy atom. The predicted molar refractivity (Wildman–Crippen MR) is 107 cm³/mol. The number of anilines is 1. The molecule has 136 valence electrons. The van der Waals surface area contributed by atoms with Crippen LogP contribution in [-0.4, -0.2) is 38.8 Å². The molecule has 1 aliphatic rings. The number of benzene rings is 2. The molecule has 0 atom stereocenters. The summed E-state index contributed by atoms with van der Waals surface area (Å²) in [5, 5.41) is 10.7. The lowest BCUT2D eigenvalue weighted by Gasteiger charge is -2.32. The summed E-state index contributed by atoms with van der Waals surface area (Å²) in [5.41, 5.74) is 9.86. The Morgan fingerprint density at radius 1 is 0.963 bits per heavy atom. The molecule has 4 aromatic rings. The van der Waals surface area contributed by atoms with E-state index >= 15 is 0 Å². The summed E-state index contributed by atoms with van der Waals surface area (Å²) in [5.74, 6) is 1.03. The number of nitrogens with zero attached hydrogens (tertiary/aromatic N) is 4. The average molecular weight is 359 g/mol. The number of hydrogen-bond acceptors (Lipinski definition) is 5. The molecule has 3 heterocycles. The Bertz CT molecular complexity index is 1130. The Hall–Kier alpha value is -3.12. The van der Waals surface area contributed by atoms with Gasteiger partial charge in [-0.2, -0.15) is 0 Å². The van der Waals surface area contributed by atoms with E-state index in [9.17, 15) is 5.11 Å². The van der Waals surface area contributed by atoms with Gasteiger partial charge < -0.3 is 15.7 Å². The first-order valence-electron chi connectivity index (χ1n) is 9.25. The van der Waals surface area contributed by atoms with Crippen molar-refractivity contribution in [2.75, 3.05) is 18.0 Å². The monoisotopic (exact) mass is 359 g/mol. The fourth-order valence-corrected chi connectivity index (χ4v) is 3.77. The van der Waals surface area contributed by atoms with Crippen molar-refractivity contribution < 1.29 is 5.11 Å². The Labute approximate surface area is 156 Å². The molecule has 1 fully saturated rings. The van der Waals surface area contributed by atoms with Gasteiger partial charge in [-0.1, -0.05) is 0 Å². The standard InChI is InChI=1S/C21H21N5O/c22-15-7-9-25(10-8-15)16-2-4-18-14(11-16)1-6-21(24-18)26-13-23-19-12-17(27)3-5-20(19)26/h1-6,11-13,15,27H,7-10,22H2. The maximum absolute atomic E-state index is 9.62. The molecular formula is C21H21N5O. The van der Waals surface area contributed by atoms with Crippen molar-refractivity contribution in [2.24, 2.45) is 5.73 Å². The molecule has 0 bridgehead atoms. The Kier molecular flexibility index (Phi) is 3.72. The fourth-order valence-electron chi connectivity index (χ4n) is 3.77. The molecule has 2 aromatic heterocycles. The van der Waals surface area contributed by atoms with Gasteiger partial charge in [-0.3, -0.25) is 4.57 Å². The van der Waals surface area contributed by atoms with Gasteiger partial charge in [0, 0.05) is 36.3 Å². The van der Waals surface area contributed by atoms with E-state index in [1.54, 1.807) is 18.5 Å². The molecule has 3 N–H and O–H groups in total. The van der Waals surface area contributed by atoms with Gasteiger partial charge in [0.2, 0.25) is 0 Å². The molecule has 1 aliphatic heterocycles. The number of phenols is 1. The van der Waals surface area contributed by atoms with Gasteiger partial charge in [-0.15, -0.1) is 0 Å². The zero-order chi connectivity index (χ0) is 18.4. The topological polar surface area (TPSA) is 80.2 Å². The number of hydrogen-bond donors (Lipinski definition) is 2. The lowest BCUT2D eigenvalue weighted by Crippen LogP contribution is -2.39. The minimum atomic E-state index is 0.213. The second kappa shape index (κ2) is 6.25. The Morgan fingerprint density at radius 2 is 1.81 bits per heavy atom. The van der Waals surface area contributed by atoms with Crippen LogP contribution in [0.3, 0.4) is 0 Å². The number of nitrogens with two attached hydrogens (primary N) is 1. The summed E-state index contributed by atoms with van der Waals surface area (Å²) in [7, 11) is 0. The van der Waals surface area contributed by atoms with Crippen molar-refractivity contribution in [2.45, 2.75) is 18.9 Å². The molecule has 0 unspecified atom stereocenters. The molecule has 1 saturated heterocycles. The van der Waals surface area contributed by atoms with Crippen LogP contribution in [0.25, 0.3) is 27.8 Å². The first kappa shape index (κ1) is 16.1. The molecule has 0 aliphatic carbocycles. The molecule has 0 amide bonds. The van der Waals surface area contributed by atoms with Crippen molar-refractivity contribution in [3.05, 3.63) is 54.9 Å². The highest BCUT2D eigenvalue weighted by Gasteiger charge is 2.16. The summed E-state index contributed by atoms with van der Waals surface area (Å²) in [6.45, 7) is 2.01. The number of imidazole rings is 1. The number of aromatic hydroxyl groups is 1. The first-order valence-corrected chi connectivity index (χ1v) is 9.25. The van der Waals surface area contributed by atoms with Gasteiger partial charge in [0.05, 0.1) is 16.6 Å². The number of fused-ring (bicyclic) bond motifs is 2. The van der Waals surface area contributed by atoms with Gasteiger partial charge in [0.15, 0.2) is 0 Å². The SMILES string of the molecule is NC1CCN(c2ccc3nc(-n4cnc5cc(O)ccc54)ccc3c2)CC1. The van der Waals surface area contributed by atoms with Crippen molar-refractivity contribution in [1.29, 1.82) is 0 Å². The first-order chi connectivity index (χ1) is 13.2. The van der Waals surface area contributed by atoms with Crippen molar-refractivity contribution in [1.82, 2.24) is 14.5 Å². The summed E-state index contributed by atoms with van der Waals surface area (Å²) >= 11 is 0. The molecule has 6 nitrogen and oxygen atoms in total. The zero-order valence-corrected chi connectivity index (χ0v) is 14.9. The fraction of sp³-hybridized carbons (Fsp3) is 0.238. The van der Waals surface area contributed by atoms with E-state index in [0.717, 1.165) is 53.7 Å². The highest BCUT2D eigenvalue weighted by molar-refractivity contribution is 5.84. The van der Waals surface area contributed by atoms with E-state index in [-0.39, 0.29) is 5.75 Å². The van der Waals surface area contributed by atoms with Gasteiger partial charge >= 0.3 is 0 Å². The highest BCUT2D eigenvalue weighted by Crippen LogP contribution is 2.26. The maximum atomic E-state index is 9.62. The van der Waals surface area contributed by atoms with Crippen LogP contribution in [-0.2, 0) is 0 Å². The minimum absolute atomic E-state index is 0.213. The lowest BCUT2D eigenvalue weighted by molar-refractivity contribution is 0.476. The summed E-state index contributed by atoms with van der Waals surface area (Å²) in [6, 6.07) is 16.0. The number of phenolic OH excluding ortho intramolecular Hbond substituents is 1. The Balaban J connectivity index is 1.51. The second-order valence-corrected chi connectivity index (χ2v) is 7.16. The minimum Gasteiger partial charge on any atom is -0.508 e. The van der Waals surface area contributed by atoms with E-state index in [1.165, 1.54) is 5.69 Å². The van der Waals surface area contributed by atoms with E-state index in [1.807, 2.05) is 16.7 Å². The summed E-state index contributed by atoms with van der Waals surface area (Å²) < 4.78 is 1.94. The highest BCUT2D eigenvalue weighted by atomic mass is 16.3. The zero-order valence-electron chi connectivity index (χ0n) is 14.9. The molecule has 0 radical (unpaired) electrons. The van der Waals surface area contributed by atoms with Crippen LogP contribution in [0.4, 0.5) is 5.69 Å². The van der Waals surface area contributed by atoms with Crippen LogP contribution < -0.4 is 10.6 Å². The number of piperidine rings is 1. The van der Waals surface area contributed by atoms with Crippen LogP contribution in [0.5, 0.6) is 5.75 Å². The van der Waals surface area contributed by atoms with E-state index in [0.29, 0.717) is 6.04 Å². The van der Waals surface area contributed by atoms with Gasteiger partial charge in [-0.25, -0.2) is 9.97 Å². The van der Waals surface area contributed by atoms with Crippen molar-refractivity contribution >= 4 is 27.6 Å². The predicted octanol–water partition coefficient (Wildman–Crippen LogP) is 3.21. The van der Waals surface area contributed by atoms with E-state index in [2.05, 4.69) is 34.1 Å².